The van der Waals surface area contributed by atoms with Crippen LogP contribution in [0.5, 0.6) is 0 Å². The van der Waals surface area contributed by atoms with E-state index in [1.54, 1.807) is 12.3 Å². The van der Waals surface area contributed by atoms with Crippen molar-refractivity contribution in [2.45, 2.75) is 71.2 Å². The smallest absolute Gasteiger partial charge is 0.339 e. The number of rotatable bonds is 0. The zero-order valence-corrected chi connectivity index (χ0v) is 18.6. The van der Waals surface area contributed by atoms with Crippen molar-refractivity contribution in [3.05, 3.63) is 53.3 Å². The number of furan rings is 1. The highest BCUT2D eigenvalue weighted by atomic mass is 16.8. The zero-order chi connectivity index (χ0) is 22.3. The highest BCUT2D eigenvalue weighted by Gasteiger charge is 2.43. The van der Waals surface area contributed by atoms with Crippen molar-refractivity contribution >= 4 is 23.0 Å². The lowest BCUT2D eigenvalue weighted by molar-refractivity contribution is -0.152. The van der Waals surface area contributed by atoms with Gasteiger partial charge < -0.3 is 23.7 Å². The van der Waals surface area contributed by atoms with Gasteiger partial charge in [-0.1, -0.05) is 31.2 Å². The Labute approximate surface area is 182 Å². The first-order chi connectivity index (χ1) is 14.7. The first-order valence-electron chi connectivity index (χ1n) is 10.8. The van der Waals surface area contributed by atoms with Crippen molar-refractivity contribution < 1.29 is 28.5 Å². The molecular formula is C25H30O6. The van der Waals surface area contributed by atoms with Gasteiger partial charge in [0.2, 0.25) is 0 Å². The maximum absolute atomic E-state index is 13.1. The molecule has 0 amide bonds. The Balaban J connectivity index is 1.80. The van der Waals surface area contributed by atoms with Crippen LogP contribution < -0.4 is 0 Å². The van der Waals surface area contributed by atoms with Crippen molar-refractivity contribution in [3.63, 3.8) is 0 Å². The molecule has 6 nitrogen and oxygen atoms in total. The van der Waals surface area contributed by atoms with Gasteiger partial charge in [-0.3, -0.25) is 0 Å². The fraction of sp³-hybridized carbons (Fsp3) is 0.480. The Kier molecular flexibility index (Phi) is 5.81. The molecule has 166 valence electrons. The van der Waals surface area contributed by atoms with E-state index in [1.807, 2.05) is 65.0 Å². The first kappa shape index (κ1) is 21.8. The number of esters is 1. The Morgan fingerprint density at radius 3 is 2.71 bits per heavy atom. The molecule has 1 aromatic heterocycles. The van der Waals surface area contributed by atoms with Gasteiger partial charge in [0.15, 0.2) is 5.79 Å². The fourth-order valence-electron chi connectivity index (χ4n) is 4.26. The quantitative estimate of drug-likeness (QED) is 0.483. The van der Waals surface area contributed by atoms with Crippen LogP contribution in [-0.2, 0) is 14.2 Å². The molecule has 31 heavy (non-hydrogen) atoms. The lowest BCUT2D eigenvalue weighted by Crippen LogP contribution is -2.34. The molecule has 1 N–H and O–H groups in total. The number of benzene rings is 1. The number of hydrogen-bond donors (Lipinski definition) is 1. The van der Waals surface area contributed by atoms with Gasteiger partial charge in [-0.2, -0.15) is 0 Å². The molecule has 1 fully saturated rings. The van der Waals surface area contributed by atoms with Crippen molar-refractivity contribution in [3.8, 4) is 0 Å². The minimum atomic E-state index is -0.830. The summed E-state index contributed by atoms with van der Waals surface area (Å²) in [6, 6.07) is 3.72. The molecule has 2 aliphatic rings. The number of aliphatic hydroxyl groups excluding tert-OH is 1. The van der Waals surface area contributed by atoms with Crippen LogP contribution in [0.25, 0.3) is 17.0 Å². The molecule has 3 heterocycles. The standard InChI is InChI=1S/C25H30O6/c1-14-9-10-19(26)23-20(30-25(4,5)31-23)8-6-7-18-17-11-12-28-21(17)13-15(2)22(18)24(27)29-16(14)3/h6-7,9-14,16,19-20,23,26H,8H2,1-5H3/b7-6?,10-9-/t14-,16+,19?,20+,23-/m1/s1. The predicted octanol–water partition coefficient (Wildman–Crippen LogP) is 4.78. The summed E-state index contributed by atoms with van der Waals surface area (Å²) in [6.07, 6.45) is 7.57. The number of aliphatic hydroxyl groups is 1. The number of hydrogen-bond acceptors (Lipinski definition) is 6. The molecule has 0 radical (unpaired) electrons. The van der Waals surface area contributed by atoms with Crippen molar-refractivity contribution in [1.82, 2.24) is 0 Å². The Bertz CT molecular complexity index is 1030. The number of ether oxygens (including phenoxy) is 3. The number of carbonyl (C=O) groups is 1. The molecule has 1 unspecified atom stereocenters. The topological polar surface area (TPSA) is 78.1 Å². The third-order valence-corrected chi connectivity index (χ3v) is 6.06. The molecule has 0 spiro atoms. The van der Waals surface area contributed by atoms with Crippen LogP contribution in [0.15, 0.2) is 41.0 Å². The molecular weight excluding hydrogens is 396 g/mol. The SMILES string of the molecule is Cc1cc2occc2c2c1C(=O)O[C@@H](C)[C@H](C)/C=C\C(O)[C@H]1OC(C)(C)O[C@H]1CC=C2. The van der Waals surface area contributed by atoms with Gasteiger partial charge in [0.05, 0.1) is 17.9 Å². The summed E-state index contributed by atoms with van der Waals surface area (Å²) in [5.41, 5.74) is 2.81. The second kappa shape index (κ2) is 8.26. The highest BCUT2D eigenvalue weighted by Crippen LogP contribution is 2.34. The van der Waals surface area contributed by atoms with Gasteiger partial charge in [-0.25, -0.2) is 4.79 Å². The van der Waals surface area contributed by atoms with E-state index < -0.39 is 18.0 Å². The number of cyclic esters (lactones) is 1. The molecule has 1 aromatic carbocycles. The van der Waals surface area contributed by atoms with Gasteiger partial charge in [-0.05, 0) is 57.4 Å². The van der Waals surface area contributed by atoms with Gasteiger partial charge in [-0.15, -0.1) is 0 Å². The summed E-state index contributed by atoms with van der Waals surface area (Å²) in [7, 11) is 0. The second-order valence-electron chi connectivity index (χ2n) is 8.94. The number of fused-ring (bicyclic) bond motifs is 4. The van der Waals surface area contributed by atoms with Crippen LogP contribution in [0.4, 0.5) is 0 Å². The summed E-state index contributed by atoms with van der Waals surface area (Å²) in [6.45, 7) is 9.38. The van der Waals surface area contributed by atoms with Crippen LogP contribution in [0.2, 0.25) is 0 Å². The van der Waals surface area contributed by atoms with Crippen LogP contribution in [0.3, 0.4) is 0 Å². The molecule has 1 saturated heterocycles. The van der Waals surface area contributed by atoms with Crippen molar-refractivity contribution in [1.29, 1.82) is 0 Å². The van der Waals surface area contributed by atoms with Crippen molar-refractivity contribution in [2.75, 3.05) is 0 Å². The Morgan fingerprint density at radius 2 is 1.94 bits per heavy atom. The number of aryl methyl sites for hydroxylation is 1. The average Bonchev–Trinajstić information content (AvgIpc) is 3.28. The van der Waals surface area contributed by atoms with Crippen LogP contribution in [0.1, 0.15) is 55.6 Å². The van der Waals surface area contributed by atoms with Gasteiger partial charge in [0.25, 0.3) is 0 Å². The lowest BCUT2D eigenvalue weighted by Gasteiger charge is -2.22. The van der Waals surface area contributed by atoms with Crippen LogP contribution in [-0.4, -0.2) is 41.3 Å². The molecule has 0 bridgehead atoms. The Morgan fingerprint density at radius 1 is 1.16 bits per heavy atom. The van der Waals surface area contributed by atoms with Gasteiger partial charge >= 0.3 is 5.97 Å². The molecule has 6 heteroatoms. The highest BCUT2D eigenvalue weighted by molar-refractivity contribution is 6.03. The minimum Gasteiger partial charge on any atom is -0.464 e. The molecule has 4 rings (SSSR count). The molecule has 2 aliphatic heterocycles. The maximum atomic E-state index is 13.1. The predicted molar refractivity (Wildman–Crippen MR) is 118 cm³/mol. The van der Waals surface area contributed by atoms with E-state index in [0.717, 1.165) is 16.5 Å². The summed E-state index contributed by atoms with van der Waals surface area (Å²) < 4.78 is 23.4. The molecule has 5 atom stereocenters. The van der Waals surface area contributed by atoms with E-state index in [-0.39, 0.29) is 24.1 Å². The van der Waals surface area contributed by atoms with Crippen LogP contribution in [0, 0.1) is 12.8 Å². The van der Waals surface area contributed by atoms with E-state index >= 15 is 0 Å². The Hall–Kier alpha value is -2.41. The minimum absolute atomic E-state index is 0.0905. The summed E-state index contributed by atoms with van der Waals surface area (Å²) >= 11 is 0. The van der Waals surface area contributed by atoms with Gasteiger partial charge in [0.1, 0.15) is 23.9 Å². The monoisotopic (exact) mass is 426 g/mol. The average molecular weight is 427 g/mol. The lowest BCUT2D eigenvalue weighted by atomic mass is 9.96. The van der Waals surface area contributed by atoms with E-state index in [9.17, 15) is 9.90 Å². The molecule has 0 aliphatic carbocycles. The molecule has 2 aromatic rings. The van der Waals surface area contributed by atoms with Crippen molar-refractivity contribution in [2.24, 2.45) is 5.92 Å². The second-order valence-corrected chi connectivity index (χ2v) is 8.94. The maximum Gasteiger partial charge on any atom is 0.339 e. The first-order valence-corrected chi connectivity index (χ1v) is 10.8. The summed E-state index contributed by atoms with van der Waals surface area (Å²) in [5.74, 6) is -1.24. The molecule has 0 saturated carbocycles. The number of carbonyl (C=O) groups excluding carboxylic acids is 1. The summed E-state index contributed by atoms with van der Waals surface area (Å²) in [4.78, 5) is 13.1. The summed E-state index contributed by atoms with van der Waals surface area (Å²) in [5, 5.41) is 11.6. The van der Waals surface area contributed by atoms with E-state index in [2.05, 4.69) is 0 Å². The van der Waals surface area contributed by atoms with E-state index in [4.69, 9.17) is 18.6 Å². The normalized spacial score (nSPS) is 32.2. The largest absolute Gasteiger partial charge is 0.464 e. The zero-order valence-electron chi connectivity index (χ0n) is 18.6. The van der Waals surface area contributed by atoms with Gasteiger partial charge in [0, 0.05) is 11.3 Å². The van der Waals surface area contributed by atoms with Crippen LogP contribution >= 0.6 is 0 Å². The third-order valence-electron chi connectivity index (χ3n) is 6.06. The van der Waals surface area contributed by atoms with E-state index in [1.165, 1.54) is 0 Å². The third kappa shape index (κ3) is 4.33. The fourth-order valence-corrected chi connectivity index (χ4v) is 4.26. The van der Waals surface area contributed by atoms with E-state index in [0.29, 0.717) is 17.6 Å².